The smallest absolute Gasteiger partial charge is 0.410 e. The molecule has 0 aromatic rings. The van der Waals surface area contributed by atoms with Gasteiger partial charge in [0.2, 0.25) is 0 Å². The maximum absolute atomic E-state index is 13.2. The summed E-state index contributed by atoms with van der Waals surface area (Å²) in [6, 6.07) is 0. The van der Waals surface area contributed by atoms with Crippen LogP contribution in [0.25, 0.3) is 0 Å². The van der Waals surface area contributed by atoms with Gasteiger partial charge < -0.3 is 15.0 Å². The molecular formula is C10H19ClF2N2O2. The monoisotopic (exact) mass is 272 g/mol. The Bertz CT molecular complexity index is 270. The van der Waals surface area contributed by atoms with Crippen molar-refractivity contribution < 1.29 is 18.3 Å². The lowest BCUT2D eigenvalue weighted by Gasteiger charge is -2.27. The maximum atomic E-state index is 13.2. The van der Waals surface area contributed by atoms with Crippen LogP contribution in [-0.4, -0.2) is 48.7 Å². The quantitative estimate of drug-likeness (QED) is 0.732. The first-order valence-corrected chi connectivity index (χ1v) is 5.26. The molecule has 1 N–H and O–H groups in total. The van der Waals surface area contributed by atoms with Gasteiger partial charge in [-0.25, -0.2) is 13.6 Å². The lowest BCUT2D eigenvalue weighted by molar-refractivity contribution is -0.0305. The minimum atomic E-state index is -2.90. The molecule has 0 radical (unpaired) electrons. The number of hydrogen-bond donors (Lipinski definition) is 1. The fourth-order valence-electron chi connectivity index (χ4n) is 1.38. The predicted octanol–water partition coefficient (Wildman–Crippen LogP) is 1.88. The molecule has 1 heterocycles. The summed E-state index contributed by atoms with van der Waals surface area (Å²) in [6.07, 6.45) is -0.684. The van der Waals surface area contributed by atoms with Gasteiger partial charge in [0, 0.05) is 13.1 Å². The molecule has 4 nitrogen and oxygen atoms in total. The average Bonchev–Trinajstić information content (AvgIpc) is 2.23. The van der Waals surface area contributed by atoms with E-state index in [9.17, 15) is 13.6 Å². The first-order valence-electron chi connectivity index (χ1n) is 5.26. The Morgan fingerprint density at radius 2 is 2.00 bits per heavy atom. The zero-order valence-corrected chi connectivity index (χ0v) is 11.1. The van der Waals surface area contributed by atoms with E-state index in [0.29, 0.717) is 6.54 Å². The standard InChI is InChI=1S/C10H18F2N2O2.ClH/c1-9(2,3)16-8(15)14-5-4-13-6-10(11,12)7-14;/h13H,4-7H2,1-3H3;1H. The highest BCUT2D eigenvalue weighted by molar-refractivity contribution is 5.85. The summed E-state index contributed by atoms with van der Waals surface area (Å²) in [5.74, 6) is -2.90. The van der Waals surface area contributed by atoms with E-state index in [2.05, 4.69) is 5.32 Å². The summed E-state index contributed by atoms with van der Waals surface area (Å²) in [5.41, 5.74) is -0.661. The number of carbonyl (C=O) groups excluding carboxylic acids is 1. The van der Waals surface area contributed by atoms with E-state index in [1.807, 2.05) is 0 Å². The Hall–Kier alpha value is -0.620. The van der Waals surface area contributed by atoms with Gasteiger partial charge in [0.25, 0.3) is 5.92 Å². The number of hydrogen-bond acceptors (Lipinski definition) is 3. The van der Waals surface area contributed by atoms with Crippen molar-refractivity contribution in [1.29, 1.82) is 0 Å². The molecule has 0 saturated carbocycles. The lowest BCUT2D eigenvalue weighted by atomic mass is 10.2. The fraction of sp³-hybridized carbons (Fsp3) is 0.900. The minimum Gasteiger partial charge on any atom is -0.444 e. The van der Waals surface area contributed by atoms with Crippen molar-refractivity contribution in [1.82, 2.24) is 10.2 Å². The summed E-state index contributed by atoms with van der Waals surface area (Å²) >= 11 is 0. The van der Waals surface area contributed by atoms with Crippen LogP contribution >= 0.6 is 12.4 Å². The largest absolute Gasteiger partial charge is 0.444 e. The van der Waals surface area contributed by atoms with Crippen LogP contribution in [-0.2, 0) is 4.74 Å². The number of alkyl halides is 2. The van der Waals surface area contributed by atoms with Crippen LogP contribution in [0.3, 0.4) is 0 Å². The lowest BCUT2D eigenvalue weighted by Crippen LogP contribution is -2.43. The van der Waals surface area contributed by atoms with Gasteiger partial charge in [0.1, 0.15) is 5.60 Å². The van der Waals surface area contributed by atoms with Crippen LogP contribution in [0.15, 0.2) is 0 Å². The molecule has 7 heteroatoms. The van der Waals surface area contributed by atoms with Crippen molar-refractivity contribution in [2.24, 2.45) is 0 Å². The van der Waals surface area contributed by atoms with Crippen LogP contribution in [0.5, 0.6) is 0 Å². The number of carbonyl (C=O) groups is 1. The highest BCUT2D eigenvalue weighted by atomic mass is 35.5. The Kier molecular flexibility index (Phi) is 5.61. The van der Waals surface area contributed by atoms with Gasteiger partial charge >= 0.3 is 6.09 Å². The van der Waals surface area contributed by atoms with Crippen molar-refractivity contribution in [2.45, 2.75) is 32.3 Å². The second-order valence-corrected chi connectivity index (χ2v) is 4.93. The van der Waals surface area contributed by atoms with E-state index in [4.69, 9.17) is 4.74 Å². The third-order valence-corrected chi connectivity index (χ3v) is 2.02. The molecule has 0 bridgehead atoms. The second kappa shape index (κ2) is 5.82. The van der Waals surface area contributed by atoms with E-state index in [1.54, 1.807) is 20.8 Å². The molecule has 0 aliphatic carbocycles. The second-order valence-electron chi connectivity index (χ2n) is 4.93. The molecule has 1 amide bonds. The summed E-state index contributed by atoms with van der Waals surface area (Å²) in [4.78, 5) is 12.6. The van der Waals surface area contributed by atoms with Crippen molar-refractivity contribution in [3.8, 4) is 0 Å². The maximum Gasteiger partial charge on any atom is 0.410 e. The number of halogens is 3. The van der Waals surface area contributed by atoms with Gasteiger partial charge in [-0.3, -0.25) is 0 Å². The molecule has 1 saturated heterocycles. The molecule has 1 fully saturated rings. The van der Waals surface area contributed by atoms with Crippen molar-refractivity contribution in [2.75, 3.05) is 26.2 Å². The third kappa shape index (κ3) is 6.02. The third-order valence-electron chi connectivity index (χ3n) is 2.02. The highest BCUT2D eigenvalue weighted by Crippen LogP contribution is 2.18. The summed E-state index contributed by atoms with van der Waals surface area (Å²) in [5, 5.41) is 2.59. The van der Waals surface area contributed by atoms with Gasteiger partial charge in [0.15, 0.2) is 0 Å². The fourth-order valence-corrected chi connectivity index (χ4v) is 1.38. The normalized spacial score (nSPS) is 20.2. The Balaban J connectivity index is 0.00000256. The zero-order valence-electron chi connectivity index (χ0n) is 10.3. The summed E-state index contributed by atoms with van der Waals surface area (Å²) < 4.78 is 31.4. The summed E-state index contributed by atoms with van der Waals surface area (Å²) in [6.45, 7) is 4.73. The van der Waals surface area contributed by atoms with E-state index < -0.39 is 30.7 Å². The van der Waals surface area contributed by atoms with Gasteiger partial charge in [0.05, 0.1) is 13.1 Å². The van der Waals surface area contributed by atoms with Gasteiger partial charge in [-0.15, -0.1) is 12.4 Å². The molecular weight excluding hydrogens is 254 g/mol. The molecule has 0 unspecified atom stereocenters. The van der Waals surface area contributed by atoms with Gasteiger partial charge in [-0.1, -0.05) is 0 Å². The molecule has 0 aromatic carbocycles. The Morgan fingerprint density at radius 3 is 2.53 bits per heavy atom. The molecule has 102 valence electrons. The number of rotatable bonds is 0. The average molecular weight is 273 g/mol. The van der Waals surface area contributed by atoms with E-state index in [0.717, 1.165) is 4.90 Å². The van der Waals surface area contributed by atoms with E-state index in [1.165, 1.54) is 0 Å². The van der Waals surface area contributed by atoms with Crippen LogP contribution in [0.1, 0.15) is 20.8 Å². The van der Waals surface area contributed by atoms with Crippen LogP contribution in [0.2, 0.25) is 0 Å². The number of ether oxygens (including phenoxy) is 1. The first-order chi connectivity index (χ1) is 7.20. The molecule has 0 atom stereocenters. The molecule has 0 spiro atoms. The Labute approximate surface area is 106 Å². The van der Waals surface area contributed by atoms with Crippen molar-refractivity contribution >= 4 is 18.5 Å². The Morgan fingerprint density at radius 1 is 1.41 bits per heavy atom. The summed E-state index contributed by atoms with van der Waals surface area (Å²) in [7, 11) is 0. The molecule has 1 aliphatic rings. The zero-order chi connectivity index (χ0) is 12.4. The first kappa shape index (κ1) is 16.4. The predicted molar refractivity (Wildman–Crippen MR) is 62.9 cm³/mol. The van der Waals surface area contributed by atoms with Crippen LogP contribution in [0.4, 0.5) is 13.6 Å². The number of nitrogens with zero attached hydrogens (tertiary/aromatic N) is 1. The van der Waals surface area contributed by atoms with Crippen molar-refractivity contribution in [3.63, 3.8) is 0 Å². The van der Waals surface area contributed by atoms with Crippen LogP contribution < -0.4 is 5.32 Å². The van der Waals surface area contributed by atoms with E-state index >= 15 is 0 Å². The topological polar surface area (TPSA) is 41.6 Å². The number of amides is 1. The van der Waals surface area contributed by atoms with Crippen LogP contribution in [0, 0.1) is 0 Å². The van der Waals surface area contributed by atoms with E-state index in [-0.39, 0.29) is 19.0 Å². The molecule has 17 heavy (non-hydrogen) atoms. The van der Waals surface area contributed by atoms with Gasteiger partial charge in [-0.2, -0.15) is 0 Å². The SMILES string of the molecule is CC(C)(C)OC(=O)N1CCNCC(F)(F)C1.Cl. The molecule has 0 aromatic heterocycles. The molecule has 1 rings (SSSR count). The number of nitrogens with one attached hydrogen (secondary N) is 1. The minimum absolute atomic E-state index is 0. The van der Waals surface area contributed by atoms with Crippen molar-refractivity contribution in [3.05, 3.63) is 0 Å². The molecule has 1 aliphatic heterocycles. The van der Waals surface area contributed by atoms with Gasteiger partial charge in [-0.05, 0) is 20.8 Å². The highest BCUT2D eigenvalue weighted by Gasteiger charge is 2.36.